The highest BCUT2D eigenvalue weighted by Crippen LogP contribution is 2.09. The van der Waals surface area contributed by atoms with E-state index in [0.29, 0.717) is 0 Å². The molecular formula is C6H11N3O2S. The van der Waals surface area contributed by atoms with Crippen molar-refractivity contribution in [1.29, 1.82) is 0 Å². The zero-order chi connectivity index (χ0) is 9.35. The van der Waals surface area contributed by atoms with Crippen molar-refractivity contribution >= 4 is 10.0 Å². The van der Waals surface area contributed by atoms with Gasteiger partial charge >= 0.3 is 0 Å². The van der Waals surface area contributed by atoms with E-state index in [2.05, 4.69) is 5.10 Å². The van der Waals surface area contributed by atoms with E-state index in [1.807, 2.05) is 0 Å². The summed E-state index contributed by atoms with van der Waals surface area (Å²) in [4.78, 5) is 0.218. The van der Waals surface area contributed by atoms with E-state index >= 15 is 0 Å². The smallest absolute Gasteiger partial charge is 0.245 e. The van der Waals surface area contributed by atoms with Gasteiger partial charge < -0.3 is 0 Å². The van der Waals surface area contributed by atoms with Crippen LogP contribution in [0.4, 0.5) is 0 Å². The molecule has 0 aliphatic carbocycles. The number of rotatable bonds is 2. The average Bonchev–Trinajstić information content (AvgIpc) is 2.35. The van der Waals surface area contributed by atoms with E-state index in [-0.39, 0.29) is 4.90 Å². The molecule has 0 bridgehead atoms. The second kappa shape index (κ2) is 2.87. The maximum absolute atomic E-state index is 11.4. The first kappa shape index (κ1) is 9.21. The summed E-state index contributed by atoms with van der Waals surface area (Å²) in [6.45, 7) is 0. The van der Waals surface area contributed by atoms with Crippen molar-refractivity contribution in [1.82, 2.24) is 14.1 Å². The Morgan fingerprint density at radius 3 is 2.42 bits per heavy atom. The summed E-state index contributed by atoms with van der Waals surface area (Å²) in [6, 6.07) is 0. The molecule has 0 aromatic carbocycles. The van der Waals surface area contributed by atoms with Crippen LogP contribution in [-0.2, 0) is 17.1 Å². The lowest BCUT2D eigenvalue weighted by Gasteiger charge is -2.07. The van der Waals surface area contributed by atoms with E-state index in [4.69, 9.17) is 0 Å². The third-order valence-corrected chi connectivity index (χ3v) is 3.23. The molecule has 0 amide bonds. The molecule has 6 heteroatoms. The normalized spacial score (nSPS) is 12.3. The quantitative estimate of drug-likeness (QED) is 0.640. The topological polar surface area (TPSA) is 55.2 Å². The number of hydrogen-bond donors (Lipinski definition) is 0. The number of sulfonamides is 1. The molecule has 1 rings (SSSR count). The molecule has 0 aliphatic rings. The lowest BCUT2D eigenvalue weighted by molar-refractivity contribution is 0.520. The largest absolute Gasteiger partial charge is 0.274 e. The van der Waals surface area contributed by atoms with Crippen LogP contribution in [0.15, 0.2) is 17.3 Å². The molecule has 0 saturated heterocycles. The number of aryl methyl sites for hydroxylation is 1. The number of aromatic nitrogens is 2. The van der Waals surface area contributed by atoms with Gasteiger partial charge in [0.25, 0.3) is 0 Å². The van der Waals surface area contributed by atoms with Crippen molar-refractivity contribution in [3.63, 3.8) is 0 Å². The van der Waals surface area contributed by atoms with Crippen molar-refractivity contribution in [3.05, 3.63) is 12.4 Å². The first-order chi connectivity index (χ1) is 5.44. The van der Waals surface area contributed by atoms with Crippen LogP contribution in [0.2, 0.25) is 0 Å². The number of nitrogens with zero attached hydrogens (tertiary/aromatic N) is 3. The fraction of sp³-hybridized carbons (Fsp3) is 0.500. The summed E-state index contributed by atoms with van der Waals surface area (Å²) in [5.74, 6) is 0. The van der Waals surface area contributed by atoms with E-state index in [9.17, 15) is 8.42 Å². The van der Waals surface area contributed by atoms with Crippen molar-refractivity contribution in [2.75, 3.05) is 14.1 Å². The fourth-order valence-corrected chi connectivity index (χ4v) is 1.63. The Morgan fingerprint density at radius 1 is 1.50 bits per heavy atom. The first-order valence-electron chi connectivity index (χ1n) is 3.36. The van der Waals surface area contributed by atoms with Gasteiger partial charge in [-0.1, -0.05) is 0 Å². The highest BCUT2D eigenvalue weighted by Gasteiger charge is 2.18. The van der Waals surface area contributed by atoms with E-state index in [1.165, 1.54) is 31.2 Å². The van der Waals surface area contributed by atoms with Gasteiger partial charge in [0.2, 0.25) is 10.0 Å². The van der Waals surface area contributed by atoms with Crippen LogP contribution in [0.3, 0.4) is 0 Å². The summed E-state index contributed by atoms with van der Waals surface area (Å²) < 4.78 is 25.4. The molecule has 1 aromatic rings. The Kier molecular flexibility index (Phi) is 2.20. The Morgan fingerprint density at radius 2 is 2.08 bits per heavy atom. The molecule has 0 radical (unpaired) electrons. The highest BCUT2D eigenvalue weighted by molar-refractivity contribution is 7.89. The molecule has 0 unspecified atom stereocenters. The van der Waals surface area contributed by atoms with Gasteiger partial charge in [-0.2, -0.15) is 5.10 Å². The Balaban J connectivity index is 3.15. The van der Waals surface area contributed by atoms with Crippen LogP contribution in [0, 0.1) is 0 Å². The van der Waals surface area contributed by atoms with Gasteiger partial charge in [0, 0.05) is 27.3 Å². The first-order valence-corrected chi connectivity index (χ1v) is 4.80. The minimum atomic E-state index is -3.31. The Labute approximate surface area is 71.7 Å². The molecule has 0 aliphatic heterocycles. The van der Waals surface area contributed by atoms with E-state index in [1.54, 1.807) is 7.05 Å². The highest BCUT2D eigenvalue weighted by atomic mass is 32.2. The van der Waals surface area contributed by atoms with E-state index in [0.717, 1.165) is 4.31 Å². The minimum absolute atomic E-state index is 0.218. The van der Waals surface area contributed by atoms with Crippen molar-refractivity contribution in [2.24, 2.45) is 7.05 Å². The molecule has 0 N–H and O–H groups in total. The molecule has 68 valence electrons. The van der Waals surface area contributed by atoms with Gasteiger partial charge in [-0.05, 0) is 0 Å². The van der Waals surface area contributed by atoms with Gasteiger partial charge in [0.05, 0.1) is 6.20 Å². The predicted octanol–water partition coefficient (Wildman–Crippen LogP) is -0.330. The number of hydrogen-bond acceptors (Lipinski definition) is 3. The summed E-state index contributed by atoms with van der Waals surface area (Å²) in [7, 11) is 1.35. The third kappa shape index (κ3) is 1.49. The molecular weight excluding hydrogens is 178 g/mol. The van der Waals surface area contributed by atoms with Crippen LogP contribution < -0.4 is 0 Å². The summed E-state index contributed by atoms with van der Waals surface area (Å²) in [5.41, 5.74) is 0. The Bertz CT molecular complexity index is 366. The standard InChI is InChI=1S/C6H11N3O2S/c1-8(2)12(10,11)6-4-7-9(3)5-6/h4-5H,1-3H3. The van der Waals surface area contributed by atoms with Gasteiger partial charge in [0.15, 0.2) is 0 Å². The van der Waals surface area contributed by atoms with Gasteiger partial charge in [-0.25, -0.2) is 12.7 Å². The second-order valence-electron chi connectivity index (χ2n) is 2.64. The second-order valence-corrected chi connectivity index (χ2v) is 4.79. The van der Waals surface area contributed by atoms with Gasteiger partial charge in [-0.15, -0.1) is 0 Å². The zero-order valence-electron chi connectivity index (χ0n) is 7.22. The molecule has 5 nitrogen and oxygen atoms in total. The molecule has 1 heterocycles. The van der Waals surface area contributed by atoms with Crippen molar-refractivity contribution in [3.8, 4) is 0 Å². The third-order valence-electron chi connectivity index (χ3n) is 1.46. The lowest BCUT2D eigenvalue weighted by atomic mass is 10.7. The fourth-order valence-electron chi connectivity index (χ4n) is 0.743. The predicted molar refractivity (Wildman–Crippen MR) is 44.1 cm³/mol. The van der Waals surface area contributed by atoms with Gasteiger partial charge in [0.1, 0.15) is 4.90 Å². The molecule has 0 saturated carbocycles. The molecule has 1 aromatic heterocycles. The van der Waals surface area contributed by atoms with Crippen molar-refractivity contribution < 1.29 is 8.42 Å². The molecule has 0 fully saturated rings. The monoisotopic (exact) mass is 189 g/mol. The Hall–Kier alpha value is -0.880. The van der Waals surface area contributed by atoms with Crippen LogP contribution in [-0.4, -0.2) is 36.6 Å². The zero-order valence-corrected chi connectivity index (χ0v) is 8.04. The van der Waals surface area contributed by atoms with Gasteiger partial charge in [-0.3, -0.25) is 4.68 Å². The maximum Gasteiger partial charge on any atom is 0.245 e. The lowest BCUT2D eigenvalue weighted by Crippen LogP contribution is -2.21. The van der Waals surface area contributed by atoms with Crippen LogP contribution >= 0.6 is 0 Å². The van der Waals surface area contributed by atoms with E-state index < -0.39 is 10.0 Å². The van der Waals surface area contributed by atoms with Crippen LogP contribution in [0.5, 0.6) is 0 Å². The van der Waals surface area contributed by atoms with Crippen LogP contribution in [0.25, 0.3) is 0 Å². The summed E-state index contributed by atoms with van der Waals surface area (Å²) in [5, 5.41) is 3.78. The van der Waals surface area contributed by atoms with Crippen LogP contribution in [0.1, 0.15) is 0 Å². The minimum Gasteiger partial charge on any atom is -0.274 e. The van der Waals surface area contributed by atoms with Crippen molar-refractivity contribution in [2.45, 2.75) is 4.90 Å². The molecule has 12 heavy (non-hydrogen) atoms. The molecule has 0 spiro atoms. The average molecular weight is 189 g/mol. The SMILES string of the molecule is CN(C)S(=O)(=O)c1cnn(C)c1. The summed E-state index contributed by atoms with van der Waals surface area (Å²) >= 11 is 0. The maximum atomic E-state index is 11.4. The molecule has 0 atom stereocenters. The summed E-state index contributed by atoms with van der Waals surface area (Å²) in [6.07, 6.45) is 2.80.